The summed E-state index contributed by atoms with van der Waals surface area (Å²) in [6.07, 6.45) is 5.89. The van der Waals surface area contributed by atoms with Crippen LogP contribution in [-0.4, -0.2) is 31.6 Å². The van der Waals surface area contributed by atoms with Crippen molar-refractivity contribution in [2.24, 2.45) is 7.05 Å². The average molecular weight is 390 g/mol. The first kappa shape index (κ1) is 17.5. The zero-order valence-corrected chi connectivity index (χ0v) is 16.1. The molecule has 8 heteroatoms. The van der Waals surface area contributed by atoms with Crippen LogP contribution in [0.15, 0.2) is 36.8 Å². The molecule has 0 saturated heterocycles. The molecular weight excluding hydrogens is 371 g/mol. The van der Waals surface area contributed by atoms with Crippen molar-refractivity contribution in [2.45, 2.75) is 19.9 Å². The van der Waals surface area contributed by atoms with Crippen LogP contribution in [0.25, 0.3) is 22.0 Å². The highest BCUT2D eigenvalue weighted by Gasteiger charge is 2.20. The normalized spacial score (nSPS) is 12.8. The van der Waals surface area contributed by atoms with Crippen LogP contribution in [0.4, 0.5) is 10.2 Å². The topological polar surface area (TPSA) is 77.8 Å². The highest BCUT2D eigenvalue weighted by Crippen LogP contribution is 2.33. The molecule has 146 valence electrons. The molecule has 1 aliphatic rings. The number of pyridine rings is 1. The highest BCUT2D eigenvalue weighted by atomic mass is 19.1. The quantitative estimate of drug-likeness (QED) is 0.575. The van der Waals surface area contributed by atoms with E-state index in [-0.39, 0.29) is 5.82 Å². The summed E-state index contributed by atoms with van der Waals surface area (Å²) in [6.45, 7) is 2.85. The van der Waals surface area contributed by atoms with Crippen molar-refractivity contribution in [3.05, 3.63) is 59.4 Å². The first-order chi connectivity index (χ1) is 14.1. The number of ether oxygens (including phenoxy) is 1. The molecule has 0 spiro atoms. The van der Waals surface area contributed by atoms with Gasteiger partial charge in [0, 0.05) is 53.7 Å². The first-order valence-corrected chi connectivity index (χ1v) is 9.39. The van der Waals surface area contributed by atoms with Gasteiger partial charge in [0.2, 0.25) is 0 Å². The summed E-state index contributed by atoms with van der Waals surface area (Å²) >= 11 is 0. The van der Waals surface area contributed by atoms with Gasteiger partial charge in [-0.15, -0.1) is 0 Å². The smallest absolute Gasteiger partial charge is 0.135 e. The van der Waals surface area contributed by atoms with Gasteiger partial charge in [0.05, 0.1) is 30.4 Å². The first-order valence-electron chi connectivity index (χ1n) is 9.39. The summed E-state index contributed by atoms with van der Waals surface area (Å²) in [6, 6.07) is 5.15. The van der Waals surface area contributed by atoms with E-state index < -0.39 is 0 Å². The maximum Gasteiger partial charge on any atom is 0.135 e. The van der Waals surface area contributed by atoms with E-state index in [4.69, 9.17) is 4.74 Å². The second-order valence-electron chi connectivity index (χ2n) is 7.09. The summed E-state index contributed by atoms with van der Waals surface area (Å²) in [5.74, 6) is 1.15. The fourth-order valence-corrected chi connectivity index (χ4v) is 3.88. The average Bonchev–Trinajstić information content (AvgIpc) is 3.33. The van der Waals surface area contributed by atoms with Crippen molar-refractivity contribution in [3.8, 4) is 17.0 Å². The van der Waals surface area contributed by atoms with E-state index in [0.717, 1.165) is 39.0 Å². The van der Waals surface area contributed by atoms with Crippen LogP contribution in [0.3, 0.4) is 0 Å². The number of fused-ring (bicyclic) bond motifs is 2. The molecule has 29 heavy (non-hydrogen) atoms. The SMILES string of the molecule is Cc1cc(-c2cnc(NCc3c(F)ccc4c3CCO4)c3cnncc23)n(C)n1. The van der Waals surface area contributed by atoms with Gasteiger partial charge in [0.25, 0.3) is 0 Å². The zero-order valence-electron chi connectivity index (χ0n) is 16.1. The largest absolute Gasteiger partial charge is 0.493 e. The summed E-state index contributed by atoms with van der Waals surface area (Å²) in [5, 5.41) is 17.5. The van der Waals surface area contributed by atoms with E-state index in [1.165, 1.54) is 6.07 Å². The van der Waals surface area contributed by atoms with E-state index in [1.807, 2.05) is 24.7 Å². The van der Waals surface area contributed by atoms with Gasteiger partial charge in [-0.25, -0.2) is 9.37 Å². The van der Waals surface area contributed by atoms with E-state index in [0.29, 0.717) is 31.0 Å². The van der Waals surface area contributed by atoms with E-state index in [2.05, 4.69) is 25.6 Å². The number of aryl methyl sites for hydroxylation is 2. The van der Waals surface area contributed by atoms with E-state index >= 15 is 0 Å². The third kappa shape index (κ3) is 2.97. The maximum absolute atomic E-state index is 14.4. The van der Waals surface area contributed by atoms with Gasteiger partial charge in [-0.05, 0) is 25.1 Å². The molecule has 0 fully saturated rings. The van der Waals surface area contributed by atoms with Crippen LogP contribution < -0.4 is 10.1 Å². The van der Waals surface area contributed by atoms with Gasteiger partial charge < -0.3 is 10.1 Å². The van der Waals surface area contributed by atoms with E-state index in [9.17, 15) is 4.39 Å². The summed E-state index contributed by atoms with van der Waals surface area (Å²) in [7, 11) is 1.90. The van der Waals surface area contributed by atoms with E-state index in [1.54, 1.807) is 24.7 Å². The Bertz CT molecular complexity index is 1240. The predicted molar refractivity (Wildman–Crippen MR) is 107 cm³/mol. The molecule has 5 rings (SSSR count). The molecule has 0 unspecified atom stereocenters. The molecule has 0 aliphatic carbocycles. The number of benzene rings is 1. The van der Waals surface area contributed by atoms with Crippen LogP contribution in [0.1, 0.15) is 16.8 Å². The van der Waals surface area contributed by atoms with Crippen LogP contribution in [0.2, 0.25) is 0 Å². The maximum atomic E-state index is 14.4. The third-order valence-electron chi connectivity index (χ3n) is 5.25. The van der Waals surface area contributed by atoms with Gasteiger partial charge >= 0.3 is 0 Å². The Hall–Kier alpha value is -3.55. The Kier molecular flexibility index (Phi) is 4.12. The molecule has 1 N–H and O–H groups in total. The lowest BCUT2D eigenvalue weighted by atomic mass is 10.0. The van der Waals surface area contributed by atoms with Crippen molar-refractivity contribution >= 4 is 16.6 Å². The lowest BCUT2D eigenvalue weighted by Crippen LogP contribution is -2.07. The molecule has 0 atom stereocenters. The second kappa shape index (κ2) is 6.80. The molecule has 3 aromatic heterocycles. The molecule has 0 saturated carbocycles. The lowest BCUT2D eigenvalue weighted by molar-refractivity contribution is 0.356. The molecule has 7 nitrogen and oxygen atoms in total. The Morgan fingerprint density at radius 1 is 1.17 bits per heavy atom. The van der Waals surface area contributed by atoms with Crippen LogP contribution in [0.5, 0.6) is 5.75 Å². The van der Waals surface area contributed by atoms with Crippen molar-refractivity contribution in [1.29, 1.82) is 0 Å². The van der Waals surface area contributed by atoms with Gasteiger partial charge in [-0.1, -0.05) is 0 Å². The van der Waals surface area contributed by atoms with Gasteiger partial charge in [0.15, 0.2) is 0 Å². The zero-order chi connectivity index (χ0) is 20.0. The number of hydrogen-bond acceptors (Lipinski definition) is 6. The van der Waals surface area contributed by atoms with Gasteiger partial charge in [-0.2, -0.15) is 15.3 Å². The number of rotatable bonds is 4. The van der Waals surface area contributed by atoms with Crippen LogP contribution in [-0.2, 0) is 20.0 Å². The van der Waals surface area contributed by atoms with Crippen LogP contribution in [0, 0.1) is 12.7 Å². The number of hydrogen-bond donors (Lipinski definition) is 1. The summed E-state index contributed by atoms with van der Waals surface area (Å²) < 4.78 is 21.8. The number of nitrogens with zero attached hydrogens (tertiary/aromatic N) is 5. The number of aromatic nitrogens is 5. The minimum absolute atomic E-state index is 0.243. The standard InChI is InChI=1S/C21H19FN6O/c1-12-7-19(28(2)27-12)16-9-24-21(17-11-26-25-10-14(16)17)23-8-15-13-5-6-29-20(13)4-3-18(15)22/h3-4,7,9-11H,5-6,8H2,1-2H3,(H,23,24). The Morgan fingerprint density at radius 2 is 2.00 bits per heavy atom. The number of anilines is 1. The molecule has 1 aromatic carbocycles. The Balaban J connectivity index is 1.54. The minimum Gasteiger partial charge on any atom is -0.493 e. The molecular formula is C21H19FN6O. The molecule has 1 aliphatic heterocycles. The lowest BCUT2D eigenvalue weighted by Gasteiger charge is -2.13. The van der Waals surface area contributed by atoms with Crippen LogP contribution >= 0.6 is 0 Å². The molecule has 0 radical (unpaired) electrons. The van der Waals surface area contributed by atoms with Gasteiger partial charge in [-0.3, -0.25) is 4.68 Å². The monoisotopic (exact) mass is 390 g/mol. The fourth-order valence-electron chi connectivity index (χ4n) is 3.88. The van der Waals surface area contributed by atoms with Crippen molar-refractivity contribution in [2.75, 3.05) is 11.9 Å². The molecule has 0 bridgehead atoms. The van der Waals surface area contributed by atoms with Crippen molar-refractivity contribution in [3.63, 3.8) is 0 Å². The Morgan fingerprint density at radius 3 is 2.79 bits per heavy atom. The molecule has 0 amide bonds. The van der Waals surface area contributed by atoms with Crippen molar-refractivity contribution < 1.29 is 9.13 Å². The summed E-state index contributed by atoms with van der Waals surface area (Å²) in [4.78, 5) is 4.60. The Labute approximate surface area is 166 Å². The number of halogens is 1. The second-order valence-corrected chi connectivity index (χ2v) is 7.09. The molecule has 4 aromatic rings. The highest BCUT2D eigenvalue weighted by molar-refractivity contribution is 6.00. The minimum atomic E-state index is -0.243. The van der Waals surface area contributed by atoms with Gasteiger partial charge in [0.1, 0.15) is 17.4 Å². The summed E-state index contributed by atoms with van der Waals surface area (Å²) in [5.41, 5.74) is 4.33. The fraction of sp³-hybridized carbons (Fsp3) is 0.238. The number of nitrogens with one attached hydrogen (secondary N) is 1. The van der Waals surface area contributed by atoms with Crippen molar-refractivity contribution in [1.82, 2.24) is 25.0 Å². The third-order valence-corrected chi connectivity index (χ3v) is 5.25. The molecule has 4 heterocycles. The predicted octanol–water partition coefficient (Wildman–Crippen LogP) is 3.42.